The molecular formula is C77H142O6. The molecular weight excluding hydrogens is 1020 g/mol. The van der Waals surface area contributed by atoms with Gasteiger partial charge in [-0.05, 0) is 103 Å². The number of unbranched alkanes of at least 4 members (excludes halogenated alkanes) is 50. The first-order valence-corrected chi connectivity index (χ1v) is 37.1. The Balaban J connectivity index is 4.30. The topological polar surface area (TPSA) is 78.9 Å². The van der Waals surface area contributed by atoms with Gasteiger partial charge in [-0.2, -0.15) is 0 Å². The molecule has 0 aromatic rings. The molecule has 0 aromatic carbocycles. The summed E-state index contributed by atoms with van der Waals surface area (Å²) in [6.07, 6.45) is 91.4. The molecule has 6 heteroatoms. The highest BCUT2D eigenvalue weighted by atomic mass is 16.6. The van der Waals surface area contributed by atoms with Crippen LogP contribution in [0.4, 0.5) is 0 Å². The van der Waals surface area contributed by atoms with E-state index in [1.54, 1.807) is 0 Å². The zero-order valence-corrected chi connectivity index (χ0v) is 56.0. The van der Waals surface area contributed by atoms with E-state index in [0.29, 0.717) is 19.3 Å². The number of hydrogen-bond donors (Lipinski definition) is 0. The number of rotatable bonds is 69. The highest BCUT2D eigenvalue weighted by Crippen LogP contribution is 2.18. The van der Waals surface area contributed by atoms with Gasteiger partial charge in [0, 0.05) is 19.3 Å². The Morgan fingerprint density at radius 3 is 0.699 bits per heavy atom. The Morgan fingerprint density at radius 2 is 0.434 bits per heavy atom. The zero-order chi connectivity index (χ0) is 59.9. The van der Waals surface area contributed by atoms with Crippen LogP contribution >= 0.6 is 0 Å². The molecule has 0 amide bonds. The number of ether oxygens (including phenoxy) is 3. The van der Waals surface area contributed by atoms with Crippen LogP contribution in [0, 0.1) is 0 Å². The van der Waals surface area contributed by atoms with Gasteiger partial charge in [0.25, 0.3) is 0 Å². The van der Waals surface area contributed by atoms with Crippen molar-refractivity contribution in [1.82, 2.24) is 0 Å². The maximum Gasteiger partial charge on any atom is 0.306 e. The lowest BCUT2D eigenvalue weighted by molar-refractivity contribution is -0.167. The van der Waals surface area contributed by atoms with E-state index in [4.69, 9.17) is 14.2 Å². The summed E-state index contributed by atoms with van der Waals surface area (Å²) in [6, 6.07) is 0. The Bertz CT molecular complexity index is 1430. The van der Waals surface area contributed by atoms with Crippen LogP contribution in [0.1, 0.15) is 406 Å². The fraction of sp³-hybridized carbons (Fsp3) is 0.857. The van der Waals surface area contributed by atoms with Crippen LogP contribution in [0.15, 0.2) is 48.6 Å². The SMILES string of the molecule is CCCCC/C=C\C/C=C\CCCCCCCCCC(=O)OCC(COC(=O)CCCCCCCCCCCCCCC/C=C\CCCCCCCCCC)OC(=O)CCCCCCCCCCCCC/C=C\CCCCCCCCCC. The van der Waals surface area contributed by atoms with Gasteiger partial charge in [-0.15, -0.1) is 0 Å². The molecule has 83 heavy (non-hydrogen) atoms. The van der Waals surface area contributed by atoms with E-state index in [0.717, 1.165) is 70.6 Å². The fourth-order valence-electron chi connectivity index (χ4n) is 11.2. The predicted molar refractivity (Wildman–Crippen MR) is 362 cm³/mol. The molecule has 1 atom stereocenters. The summed E-state index contributed by atoms with van der Waals surface area (Å²) in [4.78, 5) is 38.5. The van der Waals surface area contributed by atoms with Gasteiger partial charge in [-0.1, -0.05) is 333 Å². The van der Waals surface area contributed by atoms with Gasteiger partial charge in [0.05, 0.1) is 0 Å². The van der Waals surface area contributed by atoms with E-state index in [1.165, 1.54) is 295 Å². The van der Waals surface area contributed by atoms with E-state index < -0.39 is 6.10 Å². The zero-order valence-electron chi connectivity index (χ0n) is 56.0. The van der Waals surface area contributed by atoms with Crippen LogP contribution in [0.5, 0.6) is 0 Å². The molecule has 1 unspecified atom stereocenters. The van der Waals surface area contributed by atoms with E-state index in [2.05, 4.69) is 69.4 Å². The number of carbonyl (C=O) groups excluding carboxylic acids is 3. The average Bonchev–Trinajstić information content (AvgIpc) is 3.49. The predicted octanol–water partition coefficient (Wildman–Crippen LogP) is 25.7. The Morgan fingerprint density at radius 1 is 0.241 bits per heavy atom. The van der Waals surface area contributed by atoms with Gasteiger partial charge in [0.1, 0.15) is 13.2 Å². The molecule has 0 N–H and O–H groups in total. The first kappa shape index (κ1) is 80.4. The van der Waals surface area contributed by atoms with Crippen LogP contribution in [0.25, 0.3) is 0 Å². The maximum absolute atomic E-state index is 13.0. The first-order chi connectivity index (χ1) is 41.0. The molecule has 0 saturated heterocycles. The minimum atomic E-state index is -0.778. The van der Waals surface area contributed by atoms with Crippen molar-refractivity contribution >= 4 is 17.9 Å². The molecule has 0 bridgehead atoms. The molecule has 0 heterocycles. The minimum absolute atomic E-state index is 0.0724. The summed E-state index contributed by atoms with van der Waals surface area (Å²) < 4.78 is 17.0. The lowest BCUT2D eigenvalue weighted by atomic mass is 10.0. The second-order valence-electron chi connectivity index (χ2n) is 25.2. The van der Waals surface area contributed by atoms with Crippen LogP contribution in [0.3, 0.4) is 0 Å². The monoisotopic (exact) mass is 1160 g/mol. The molecule has 0 spiro atoms. The van der Waals surface area contributed by atoms with Crippen LogP contribution in [-0.4, -0.2) is 37.2 Å². The Hall–Kier alpha value is -2.63. The molecule has 0 fully saturated rings. The lowest BCUT2D eigenvalue weighted by Gasteiger charge is -2.18. The third kappa shape index (κ3) is 70.0. The largest absolute Gasteiger partial charge is 0.462 e. The Labute approximate surface area is 518 Å². The van der Waals surface area contributed by atoms with E-state index in [1.807, 2.05) is 0 Å². The van der Waals surface area contributed by atoms with Crippen molar-refractivity contribution in [1.29, 1.82) is 0 Å². The molecule has 0 saturated carbocycles. The van der Waals surface area contributed by atoms with Gasteiger partial charge < -0.3 is 14.2 Å². The van der Waals surface area contributed by atoms with E-state index >= 15 is 0 Å². The smallest absolute Gasteiger partial charge is 0.306 e. The van der Waals surface area contributed by atoms with Crippen molar-refractivity contribution < 1.29 is 28.6 Å². The maximum atomic E-state index is 13.0. The second kappa shape index (κ2) is 71.8. The molecule has 0 rings (SSSR count). The van der Waals surface area contributed by atoms with E-state index in [-0.39, 0.29) is 31.1 Å². The summed E-state index contributed by atoms with van der Waals surface area (Å²) in [7, 11) is 0. The molecule has 0 radical (unpaired) electrons. The average molecular weight is 1160 g/mol. The second-order valence-corrected chi connectivity index (χ2v) is 25.2. The third-order valence-corrected chi connectivity index (χ3v) is 16.8. The number of hydrogen-bond acceptors (Lipinski definition) is 6. The molecule has 486 valence electrons. The lowest BCUT2D eigenvalue weighted by Crippen LogP contribution is -2.30. The van der Waals surface area contributed by atoms with Crippen molar-refractivity contribution in [3.05, 3.63) is 48.6 Å². The quantitative estimate of drug-likeness (QED) is 0.0261. The summed E-state index contributed by atoms with van der Waals surface area (Å²) in [6.45, 7) is 6.68. The van der Waals surface area contributed by atoms with Crippen molar-refractivity contribution in [2.24, 2.45) is 0 Å². The van der Waals surface area contributed by atoms with Gasteiger partial charge in [-0.25, -0.2) is 0 Å². The van der Waals surface area contributed by atoms with Gasteiger partial charge in [0.2, 0.25) is 0 Å². The van der Waals surface area contributed by atoms with Gasteiger partial charge in [-0.3, -0.25) is 14.4 Å². The van der Waals surface area contributed by atoms with E-state index in [9.17, 15) is 14.4 Å². The molecule has 0 aliphatic heterocycles. The van der Waals surface area contributed by atoms with Crippen molar-refractivity contribution in [3.8, 4) is 0 Å². The molecule has 0 aromatic heterocycles. The van der Waals surface area contributed by atoms with Gasteiger partial charge in [0.15, 0.2) is 6.10 Å². The standard InChI is InChI=1S/C77H142O6/c1-4-7-10-13-16-19-22-25-28-31-33-35-37-38-40-41-43-46-49-52-55-58-61-64-67-70-76(79)82-73-74(72-81-75(78)69-66-63-60-57-54-51-48-45-30-27-24-21-18-15-12-9-6-3)83-77(80)71-68-65-62-59-56-53-50-47-44-42-39-36-34-32-29-26-23-20-17-14-11-8-5-2/h18,21,27,30-34,74H,4-17,19-20,22-26,28-29,35-73H2,1-3H3/b21-18-,30-27-,33-31-,34-32-. The fourth-order valence-corrected chi connectivity index (χ4v) is 11.2. The van der Waals surface area contributed by atoms with Crippen LogP contribution in [-0.2, 0) is 28.6 Å². The normalized spacial score (nSPS) is 12.3. The van der Waals surface area contributed by atoms with Crippen LogP contribution in [0.2, 0.25) is 0 Å². The van der Waals surface area contributed by atoms with Crippen molar-refractivity contribution in [2.45, 2.75) is 412 Å². The highest BCUT2D eigenvalue weighted by molar-refractivity contribution is 5.71. The first-order valence-electron chi connectivity index (χ1n) is 37.1. The number of carbonyl (C=O) groups is 3. The van der Waals surface area contributed by atoms with Gasteiger partial charge >= 0.3 is 17.9 Å². The molecule has 0 aliphatic carbocycles. The summed E-state index contributed by atoms with van der Waals surface area (Å²) in [5.74, 6) is -0.853. The molecule has 6 nitrogen and oxygen atoms in total. The highest BCUT2D eigenvalue weighted by Gasteiger charge is 2.19. The Kier molecular flexibility index (Phi) is 69.6. The number of allylic oxidation sites excluding steroid dienone is 8. The number of esters is 3. The summed E-state index contributed by atoms with van der Waals surface area (Å²) >= 11 is 0. The van der Waals surface area contributed by atoms with Crippen molar-refractivity contribution in [3.63, 3.8) is 0 Å². The summed E-state index contributed by atoms with van der Waals surface area (Å²) in [5, 5.41) is 0. The minimum Gasteiger partial charge on any atom is -0.462 e. The third-order valence-electron chi connectivity index (χ3n) is 16.8. The van der Waals surface area contributed by atoms with Crippen LogP contribution < -0.4 is 0 Å². The molecule has 0 aliphatic rings. The summed E-state index contributed by atoms with van der Waals surface area (Å²) in [5.41, 5.74) is 0. The van der Waals surface area contributed by atoms with Crippen molar-refractivity contribution in [2.75, 3.05) is 13.2 Å².